The number of carbonyl (C=O) groups excluding carboxylic acids is 1. The van der Waals surface area contributed by atoms with E-state index in [-0.39, 0.29) is 5.39 Å². The van der Waals surface area contributed by atoms with Crippen LogP contribution in [0.2, 0.25) is 0 Å². The summed E-state index contributed by atoms with van der Waals surface area (Å²) in [5.74, 6) is -0.819. The average molecular weight is 374 g/mol. The summed E-state index contributed by atoms with van der Waals surface area (Å²) in [5, 5.41) is 12.2. The van der Waals surface area contributed by atoms with Gasteiger partial charge in [0.05, 0.1) is 17.5 Å². The lowest BCUT2D eigenvalue weighted by Gasteiger charge is -2.14. The van der Waals surface area contributed by atoms with Crippen LogP contribution in [0.1, 0.15) is 10.4 Å². The zero-order valence-corrected chi connectivity index (χ0v) is 14.5. The number of amides is 1. The van der Waals surface area contributed by atoms with E-state index in [1.165, 1.54) is 12.3 Å². The van der Waals surface area contributed by atoms with Crippen molar-refractivity contribution in [1.82, 2.24) is 4.57 Å². The van der Waals surface area contributed by atoms with E-state index in [0.717, 1.165) is 10.8 Å². The fourth-order valence-corrected chi connectivity index (χ4v) is 3.01. The standard InChI is InChI=1S/C21H14N2O5/c24-19-14-7-2-4-9-17(14)23(12-15(19)20(25)26)21(27)22-16-8-3-1-6-13(16)18-10-5-11-28-18/h1-12H,(H,22,27)(H,25,26). The van der Waals surface area contributed by atoms with Crippen LogP contribution in [0.15, 0.2) is 82.3 Å². The molecule has 1 amide bonds. The number of nitrogens with one attached hydrogen (secondary N) is 1. The van der Waals surface area contributed by atoms with Crippen LogP contribution in [0.25, 0.3) is 22.2 Å². The molecule has 0 aliphatic rings. The lowest BCUT2D eigenvalue weighted by Crippen LogP contribution is -2.25. The minimum atomic E-state index is -1.40. The molecule has 2 N–H and O–H groups in total. The third-order valence-corrected chi connectivity index (χ3v) is 4.32. The first-order valence-corrected chi connectivity index (χ1v) is 8.38. The summed E-state index contributed by atoms with van der Waals surface area (Å²) in [6.45, 7) is 0. The van der Waals surface area contributed by atoms with E-state index in [1.54, 1.807) is 48.5 Å². The van der Waals surface area contributed by atoms with Gasteiger partial charge in [-0.25, -0.2) is 9.59 Å². The number of carbonyl (C=O) groups is 2. The number of fused-ring (bicyclic) bond motifs is 1. The van der Waals surface area contributed by atoms with E-state index in [9.17, 15) is 19.5 Å². The molecule has 0 bridgehead atoms. The van der Waals surface area contributed by atoms with Crippen molar-refractivity contribution in [3.05, 3.63) is 88.9 Å². The highest BCUT2D eigenvalue weighted by atomic mass is 16.4. The molecule has 4 rings (SSSR count). The van der Waals surface area contributed by atoms with Gasteiger partial charge in [-0.1, -0.05) is 24.3 Å². The first kappa shape index (κ1) is 17.3. The van der Waals surface area contributed by atoms with Gasteiger partial charge >= 0.3 is 12.0 Å². The Bertz CT molecular complexity index is 1260. The number of carboxylic acid groups (broad SMARTS) is 1. The van der Waals surface area contributed by atoms with Gasteiger partial charge in [0.15, 0.2) is 0 Å². The van der Waals surface area contributed by atoms with Crippen molar-refractivity contribution < 1.29 is 19.1 Å². The van der Waals surface area contributed by atoms with Gasteiger partial charge in [0, 0.05) is 17.1 Å². The van der Waals surface area contributed by atoms with Gasteiger partial charge in [-0.2, -0.15) is 0 Å². The maximum Gasteiger partial charge on any atom is 0.341 e. The Hall–Kier alpha value is -4.13. The Balaban J connectivity index is 1.82. The fraction of sp³-hybridized carbons (Fsp3) is 0. The molecule has 138 valence electrons. The van der Waals surface area contributed by atoms with Crippen LogP contribution in [-0.4, -0.2) is 21.7 Å². The van der Waals surface area contributed by atoms with Crippen LogP contribution < -0.4 is 10.7 Å². The van der Waals surface area contributed by atoms with Crippen molar-refractivity contribution in [3.63, 3.8) is 0 Å². The van der Waals surface area contributed by atoms with Crippen molar-refractivity contribution in [2.24, 2.45) is 0 Å². The second kappa shape index (κ2) is 6.88. The number of furan rings is 1. The zero-order valence-electron chi connectivity index (χ0n) is 14.5. The molecule has 2 aromatic heterocycles. The summed E-state index contributed by atoms with van der Waals surface area (Å²) >= 11 is 0. The lowest BCUT2D eigenvalue weighted by molar-refractivity contribution is 0.0695. The van der Waals surface area contributed by atoms with Gasteiger partial charge in [0.25, 0.3) is 0 Å². The number of hydrogen-bond donors (Lipinski definition) is 2. The minimum absolute atomic E-state index is 0.150. The summed E-state index contributed by atoms with van der Waals surface area (Å²) in [6, 6.07) is 16.3. The first-order chi connectivity index (χ1) is 13.6. The van der Waals surface area contributed by atoms with Gasteiger partial charge in [-0.15, -0.1) is 0 Å². The molecule has 0 atom stereocenters. The van der Waals surface area contributed by atoms with Crippen LogP contribution >= 0.6 is 0 Å². The Labute approximate surface area is 158 Å². The molecular formula is C21H14N2O5. The Morgan fingerprint density at radius 1 is 0.964 bits per heavy atom. The molecular weight excluding hydrogens is 360 g/mol. The third-order valence-electron chi connectivity index (χ3n) is 4.32. The van der Waals surface area contributed by atoms with Crippen molar-refractivity contribution in [2.75, 3.05) is 5.32 Å². The molecule has 4 aromatic rings. The molecule has 28 heavy (non-hydrogen) atoms. The summed E-state index contributed by atoms with van der Waals surface area (Å²) in [7, 11) is 0. The summed E-state index contributed by atoms with van der Waals surface area (Å²) < 4.78 is 6.53. The van der Waals surface area contributed by atoms with E-state index in [2.05, 4.69) is 5.32 Å². The molecule has 0 fully saturated rings. The first-order valence-electron chi connectivity index (χ1n) is 8.38. The predicted molar refractivity (Wildman–Crippen MR) is 104 cm³/mol. The van der Waals surface area contributed by atoms with Gasteiger partial charge in [-0.3, -0.25) is 9.36 Å². The minimum Gasteiger partial charge on any atom is -0.477 e. The summed E-state index contributed by atoms with van der Waals surface area (Å²) in [4.78, 5) is 36.8. The Morgan fingerprint density at radius 3 is 2.46 bits per heavy atom. The monoisotopic (exact) mass is 374 g/mol. The SMILES string of the molecule is O=C(O)c1cn(C(=O)Nc2ccccc2-c2ccco2)c2ccccc2c1=O. The van der Waals surface area contributed by atoms with Gasteiger partial charge in [0.1, 0.15) is 11.3 Å². The largest absolute Gasteiger partial charge is 0.477 e. The van der Waals surface area contributed by atoms with Crippen LogP contribution in [0.3, 0.4) is 0 Å². The highest BCUT2D eigenvalue weighted by Gasteiger charge is 2.18. The van der Waals surface area contributed by atoms with E-state index in [0.29, 0.717) is 22.5 Å². The topological polar surface area (TPSA) is 102 Å². The molecule has 0 aliphatic carbocycles. The number of nitrogens with zero attached hydrogens (tertiary/aromatic N) is 1. The molecule has 2 heterocycles. The van der Waals surface area contributed by atoms with Gasteiger partial charge in [-0.05, 0) is 36.4 Å². The predicted octanol–water partition coefficient (Wildman–Crippen LogP) is 4.04. The maximum absolute atomic E-state index is 13.0. The third kappa shape index (κ3) is 2.95. The maximum atomic E-state index is 13.0. The van der Waals surface area contributed by atoms with E-state index >= 15 is 0 Å². The van der Waals surface area contributed by atoms with Crippen LogP contribution in [0, 0.1) is 0 Å². The van der Waals surface area contributed by atoms with E-state index < -0.39 is 23.0 Å². The van der Waals surface area contributed by atoms with Crippen LogP contribution in [-0.2, 0) is 0 Å². The lowest BCUT2D eigenvalue weighted by atomic mass is 10.1. The number of anilines is 1. The van der Waals surface area contributed by atoms with Crippen molar-refractivity contribution in [3.8, 4) is 11.3 Å². The normalized spacial score (nSPS) is 10.7. The number of aromatic carboxylic acids is 1. The highest BCUT2D eigenvalue weighted by molar-refractivity contribution is 6.02. The number of carboxylic acids is 1. The Morgan fingerprint density at radius 2 is 1.71 bits per heavy atom. The smallest absolute Gasteiger partial charge is 0.341 e. The number of benzene rings is 2. The zero-order chi connectivity index (χ0) is 19.7. The molecule has 0 aliphatic heterocycles. The quantitative estimate of drug-likeness (QED) is 0.563. The van der Waals surface area contributed by atoms with Crippen LogP contribution in [0.5, 0.6) is 0 Å². The fourth-order valence-electron chi connectivity index (χ4n) is 3.01. The van der Waals surface area contributed by atoms with Crippen molar-refractivity contribution in [1.29, 1.82) is 0 Å². The second-order valence-corrected chi connectivity index (χ2v) is 6.02. The highest BCUT2D eigenvalue weighted by Crippen LogP contribution is 2.28. The van der Waals surface area contributed by atoms with Crippen molar-refractivity contribution in [2.45, 2.75) is 0 Å². The number of hydrogen-bond acceptors (Lipinski definition) is 4. The number of para-hydroxylation sites is 2. The number of aromatic nitrogens is 1. The van der Waals surface area contributed by atoms with Gasteiger partial charge < -0.3 is 14.8 Å². The molecule has 7 heteroatoms. The molecule has 0 unspecified atom stereocenters. The van der Waals surface area contributed by atoms with E-state index in [4.69, 9.17) is 4.42 Å². The second-order valence-electron chi connectivity index (χ2n) is 6.02. The molecule has 0 saturated heterocycles. The molecule has 2 aromatic carbocycles. The van der Waals surface area contributed by atoms with E-state index in [1.807, 2.05) is 6.07 Å². The Kier molecular flexibility index (Phi) is 4.25. The molecule has 7 nitrogen and oxygen atoms in total. The molecule has 0 saturated carbocycles. The van der Waals surface area contributed by atoms with Crippen molar-refractivity contribution >= 4 is 28.6 Å². The molecule has 0 radical (unpaired) electrons. The number of rotatable bonds is 3. The van der Waals surface area contributed by atoms with Crippen LogP contribution in [0.4, 0.5) is 10.5 Å². The van der Waals surface area contributed by atoms with Gasteiger partial charge in [0.2, 0.25) is 5.43 Å². The number of pyridine rings is 1. The summed E-state index contributed by atoms with van der Waals surface area (Å²) in [6.07, 6.45) is 2.57. The summed E-state index contributed by atoms with van der Waals surface area (Å²) in [5.41, 5.74) is 0.355. The molecule has 0 spiro atoms. The average Bonchev–Trinajstić information content (AvgIpc) is 3.23.